The molecule has 6 heteroatoms. The van der Waals surface area contributed by atoms with Crippen LogP contribution in [0.4, 0.5) is 5.69 Å². The third kappa shape index (κ3) is 4.70. The molecule has 0 unspecified atom stereocenters. The molecule has 0 saturated carbocycles. The lowest BCUT2D eigenvalue weighted by atomic mass is 10.0. The summed E-state index contributed by atoms with van der Waals surface area (Å²) in [6, 6.07) is 18.0. The van der Waals surface area contributed by atoms with Crippen molar-refractivity contribution in [2.45, 2.75) is 51.0 Å². The number of amides is 1. The van der Waals surface area contributed by atoms with Gasteiger partial charge in [0.05, 0.1) is 16.6 Å². The van der Waals surface area contributed by atoms with Crippen molar-refractivity contribution in [1.29, 1.82) is 0 Å². The van der Waals surface area contributed by atoms with Gasteiger partial charge in [0.2, 0.25) is 0 Å². The summed E-state index contributed by atoms with van der Waals surface area (Å²) in [7, 11) is -3.75. The highest BCUT2D eigenvalue weighted by molar-refractivity contribution is 7.92. The van der Waals surface area contributed by atoms with E-state index in [-0.39, 0.29) is 16.8 Å². The number of nitrogens with one attached hydrogen (secondary N) is 2. The van der Waals surface area contributed by atoms with Crippen molar-refractivity contribution in [3.8, 4) is 0 Å². The molecule has 3 aromatic rings. The number of hydrogen-bond donors (Lipinski definition) is 2. The Kier molecular flexibility index (Phi) is 6.07. The molecule has 166 valence electrons. The molecule has 1 aliphatic rings. The quantitative estimate of drug-likeness (QED) is 0.552. The lowest BCUT2D eigenvalue weighted by Gasteiger charge is -2.17. The molecule has 1 aliphatic carbocycles. The second-order valence-corrected chi connectivity index (χ2v) is 10.2. The lowest BCUT2D eigenvalue weighted by Crippen LogP contribution is -2.27. The van der Waals surface area contributed by atoms with Crippen LogP contribution in [0.3, 0.4) is 0 Å². The van der Waals surface area contributed by atoms with Crippen LogP contribution in [0, 0.1) is 13.8 Å². The third-order valence-corrected chi connectivity index (χ3v) is 7.43. The summed E-state index contributed by atoms with van der Waals surface area (Å²) >= 11 is 0. The number of aryl methyl sites for hydroxylation is 4. The van der Waals surface area contributed by atoms with Gasteiger partial charge in [-0.05, 0) is 86.6 Å². The van der Waals surface area contributed by atoms with Crippen LogP contribution in [-0.4, -0.2) is 14.3 Å². The van der Waals surface area contributed by atoms with Crippen LogP contribution in [0.15, 0.2) is 65.6 Å². The SMILES string of the molecule is Cc1ccc(S(=O)(=O)Nc2cc(C(=O)N[C@@H](C)c3ccc4c(c3)CCC4)ccc2C)cc1. The minimum atomic E-state index is -3.75. The Balaban J connectivity index is 1.51. The van der Waals surface area contributed by atoms with E-state index in [4.69, 9.17) is 0 Å². The Bertz CT molecular complexity index is 1260. The molecule has 1 amide bonds. The average Bonchev–Trinajstić information content (AvgIpc) is 3.23. The van der Waals surface area contributed by atoms with Gasteiger partial charge in [-0.25, -0.2) is 8.42 Å². The monoisotopic (exact) mass is 448 g/mol. The molecule has 0 heterocycles. The molecule has 0 aromatic heterocycles. The zero-order valence-corrected chi connectivity index (χ0v) is 19.4. The van der Waals surface area contributed by atoms with Crippen LogP contribution < -0.4 is 10.0 Å². The van der Waals surface area contributed by atoms with Gasteiger partial charge in [-0.15, -0.1) is 0 Å². The molecule has 4 rings (SSSR count). The molecule has 3 aromatic carbocycles. The van der Waals surface area contributed by atoms with E-state index in [1.165, 1.54) is 17.5 Å². The van der Waals surface area contributed by atoms with E-state index in [2.05, 4.69) is 28.2 Å². The first kappa shape index (κ1) is 22.1. The first-order chi connectivity index (χ1) is 15.2. The fourth-order valence-corrected chi connectivity index (χ4v) is 5.14. The van der Waals surface area contributed by atoms with Gasteiger partial charge in [-0.1, -0.05) is 42.0 Å². The Morgan fingerprint density at radius 1 is 0.906 bits per heavy atom. The highest BCUT2D eigenvalue weighted by Crippen LogP contribution is 2.26. The van der Waals surface area contributed by atoms with Gasteiger partial charge in [-0.3, -0.25) is 9.52 Å². The standard InChI is InChI=1S/C26H28N2O3S/c1-17-7-13-24(14-8-17)32(30,31)28-25-16-23(10-9-18(25)2)26(29)27-19(3)21-12-11-20-5-4-6-22(20)15-21/h7-16,19,28H,4-6H2,1-3H3,(H,27,29)/t19-/m0/s1. The molecule has 0 fully saturated rings. The zero-order valence-electron chi connectivity index (χ0n) is 18.6. The summed E-state index contributed by atoms with van der Waals surface area (Å²) in [5.74, 6) is -0.242. The number of fused-ring (bicyclic) bond motifs is 1. The molecular weight excluding hydrogens is 420 g/mol. The van der Waals surface area contributed by atoms with Crippen molar-refractivity contribution in [1.82, 2.24) is 5.32 Å². The molecule has 5 nitrogen and oxygen atoms in total. The highest BCUT2D eigenvalue weighted by Gasteiger charge is 2.19. The van der Waals surface area contributed by atoms with E-state index in [1.54, 1.807) is 42.5 Å². The van der Waals surface area contributed by atoms with Crippen LogP contribution in [-0.2, 0) is 22.9 Å². The van der Waals surface area contributed by atoms with E-state index in [0.717, 1.165) is 29.5 Å². The molecule has 2 N–H and O–H groups in total. The average molecular weight is 449 g/mol. The minimum absolute atomic E-state index is 0.151. The van der Waals surface area contributed by atoms with Gasteiger partial charge in [0.15, 0.2) is 0 Å². The molecule has 0 spiro atoms. The predicted octanol–water partition coefficient (Wildman–Crippen LogP) is 5.08. The molecule has 0 radical (unpaired) electrons. The number of hydrogen-bond acceptors (Lipinski definition) is 3. The van der Waals surface area contributed by atoms with Crippen LogP contribution >= 0.6 is 0 Å². The number of rotatable bonds is 6. The third-order valence-electron chi connectivity index (χ3n) is 6.05. The molecule has 0 aliphatic heterocycles. The molecule has 0 saturated heterocycles. The highest BCUT2D eigenvalue weighted by atomic mass is 32.2. The summed E-state index contributed by atoms with van der Waals surface area (Å²) in [5.41, 5.74) is 6.36. The van der Waals surface area contributed by atoms with E-state index >= 15 is 0 Å². The van der Waals surface area contributed by atoms with E-state index in [0.29, 0.717) is 11.3 Å². The first-order valence-corrected chi connectivity index (χ1v) is 12.3. The first-order valence-electron chi connectivity index (χ1n) is 10.9. The van der Waals surface area contributed by atoms with Crippen LogP contribution in [0.1, 0.15) is 57.6 Å². The van der Waals surface area contributed by atoms with E-state index < -0.39 is 10.0 Å². The Morgan fingerprint density at radius 3 is 2.38 bits per heavy atom. The summed E-state index contributed by atoms with van der Waals surface area (Å²) < 4.78 is 28.2. The Hall–Kier alpha value is -3.12. The smallest absolute Gasteiger partial charge is 0.261 e. The van der Waals surface area contributed by atoms with Gasteiger partial charge in [-0.2, -0.15) is 0 Å². The predicted molar refractivity (Wildman–Crippen MR) is 128 cm³/mol. The van der Waals surface area contributed by atoms with Crippen molar-refractivity contribution in [2.75, 3.05) is 4.72 Å². The Morgan fingerprint density at radius 2 is 1.62 bits per heavy atom. The maximum absolute atomic E-state index is 12.9. The zero-order chi connectivity index (χ0) is 22.9. The number of anilines is 1. The maximum Gasteiger partial charge on any atom is 0.261 e. The van der Waals surface area contributed by atoms with Gasteiger partial charge < -0.3 is 5.32 Å². The van der Waals surface area contributed by atoms with Crippen LogP contribution in [0.5, 0.6) is 0 Å². The summed E-state index contributed by atoms with van der Waals surface area (Å²) in [6.45, 7) is 5.67. The van der Waals surface area contributed by atoms with Crippen molar-refractivity contribution in [2.24, 2.45) is 0 Å². The number of benzene rings is 3. The minimum Gasteiger partial charge on any atom is -0.346 e. The Labute approximate surface area is 189 Å². The van der Waals surface area contributed by atoms with Crippen molar-refractivity contribution in [3.05, 3.63) is 94.0 Å². The summed E-state index contributed by atoms with van der Waals surface area (Å²) in [4.78, 5) is 13.1. The van der Waals surface area contributed by atoms with E-state index in [1.807, 2.05) is 20.8 Å². The van der Waals surface area contributed by atoms with Crippen molar-refractivity contribution >= 4 is 21.6 Å². The fourth-order valence-electron chi connectivity index (χ4n) is 4.02. The maximum atomic E-state index is 12.9. The second kappa shape index (κ2) is 8.79. The molecule has 1 atom stereocenters. The number of carbonyl (C=O) groups excluding carboxylic acids is 1. The van der Waals surface area contributed by atoms with E-state index in [9.17, 15) is 13.2 Å². The number of sulfonamides is 1. The van der Waals surface area contributed by atoms with Gasteiger partial charge in [0.25, 0.3) is 15.9 Å². The molecule has 0 bridgehead atoms. The second-order valence-electron chi connectivity index (χ2n) is 8.53. The normalized spacial score (nSPS) is 14.0. The summed E-state index contributed by atoms with van der Waals surface area (Å²) in [5, 5.41) is 3.03. The largest absolute Gasteiger partial charge is 0.346 e. The van der Waals surface area contributed by atoms with Crippen LogP contribution in [0.2, 0.25) is 0 Å². The van der Waals surface area contributed by atoms with Gasteiger partial charge >= 0.3 is 0 Å². The van der Waals surface area contributed by atoms with Crippen molar-refractivity contribution < 1.29 is 13.2 Å². The number of carbonyl (C=O) groups is 1. The molecular formula is C26H28N2O3S. The van der Waals surface area contributed by atoms with Gasteiger partial charge in [0, 0.05) is 5.56 Å². The lowest BCUT2D eigenvalue weighted by molar-refractivity contribution is 0.0940. The topological polar surface area (TPSA) is 75.3 Å². The van der Waals surface area contributed by atoms with Crippen molar-refractivity contribution in [3.63, 3.8) is 0 Å². The molecule has 32 heavy (non-hydrogen) atoms. The van der Waals surface area contributed by atoms with Crippen LogP contribution in [0.25, 0.3) is 0 Å². The van der Waals surface area contributed by atoms with Gasteiger partial charge in [0.1, 0.15) is 0 Å². The summed E-state index contributed by atoms with van der Waals surface area (Å²) in [6.07, 6.45) is 3.40. The fraction of sp³-hybridized carbons (Fsp3) is 0.269.